The van der Waals surface area contributed by atoms with Crippen LogP contribution in [0.15, 0.2) is 47.4 Å². The van der Waals surface area contributed by atoms with Crippen LogP contribution < -0.4 is 5.32 Å². The molecule has 4 nitrogen and oxygen atoms in total. The molecule has 5 heteroatoms. The summed E-state index contributed by atoms with van der Waals surface area (Å²) in [5.74, 6) is 0. The molecule has 108 valence electrons. The first kappa shape index (κ1) is 15.1. The number of sulfone groups is 1. The number of nitriles is 1. The normalized spacial score (nSPS) is 10.9. The number of aryl methyl sites for hydroxylation is 1. The van der Waals surface area contributed by atoms with E-state index in [1.54, 1.807) is 24.3 Å². The Balaban J connectivity index is 2.26. The molecule has 1 N–H and O–H groups in total. The second-order valence-electron chi connectivity index (χ2n) is 4.87. The molecule has 2 rings (SSSR count). The number of hydrogen-bond acceptors (Lipinski definition) is 4. The average molecular weight is 300 g/mol. The summed E-state index contributed by atoms with van der Waals surface area (Å²) in [5, 5.41) is 12.3. The molecule has 0 saturated carbocycles. The van der Waals surface area contributed by atoms with Crippen LogP contribution in [0.2, 0.25) is 0 Å². The van der Waals surface area contributed by atoms with Crippen LogP contribution in [0.4, 0.5) is 5.69 Å². The van der Waals surface area contributed by atoms with Crippen molar-refractivity contribution in [3.8, 4) is 6.07 Å². The van der Waals surface area contributed by atoms with Gasteiger partial charge in [-0.1, -0.05) is 24.3 Å². The molecule has 0 bridgehead atoms. The van der Waals surface area contributed by atoms with Crippen LogP contribution in [-0.4, -0.2) is 14.7 Å². The molecule has 2 aromatic carbocycles. The summed E-state index contributed by atoms with van der Waals surface area (Å²) in [7, 11) is -3.23. The van der Waals surface area contributed by atoms with Gasteiger partial charge in [0.15, 0.2) is 9.84 Å². The molecule has 0 amide bonds. The van der Waals surface area contributed by atoms with E-state index in [-0.39, 0.29) is 4.90 Å². The Morgan fingerprint density at radius 3 is 2.57 bits per heavy atom. The van der Waals surface area contributed by atoms with Gasteiger partial charge in [-0.3, -0.25) is 0 Å². The number of nitrogens with one attached hydrogen (secondary N) is 1. The summed E-state index contributed by atoms with van der Waals surface area (Å²) in [6.07, 6.45) is 1.19. The second kappa shape index (κ2) is 5.98. The SMILES string of the molecule is Cc1ccc(S(C)(=O)=O)cc1NCc1ccccc1C#N. The molecule has 0 aliphatic heterocycles. The molecule has 0 fully saturated rings. The molecular weight excluding hydrogens is 284 g/mol. The highest BCUT2D eigenvalue weighted by Gasteiger charge is 2.09. The highest BCUT2D eigenvalue weighted by molar-refractivity contribution is 7.90. The molecule has 0 aliphatic rings. The van der Waals surface area contributed by atoms with Crippen molar-refractivity contribution in [1.29, 1.82) is 5.26 Å². The first-order chi connectivity index (χ1) is 9.91. The number of rotatable bonds is 4. The fraction of sp³-hybridized carbons (Fsp3) is 0.188. The summed E-state index contributed by atoms with van der Waals surface area (Å²) < 4.78 is 23.2. The Bertz CT molecular complexity index is 805. The fourth-order valence-corrected chi connectivity index (χ4v) is 2.64. The Kier molecular flexibility index (Phi) is 4.29. The fourth-order valence-electron chi connectivity index (χ4n) is 2.00. The molecule has 0 aromatic heterocycles. The Morgan fingerprint density at radius 2 is 1.90 bits per heavy atom. The third kappa shape index (κ3) is 3.61. The molecule has 0 atom stereocenters. The molecule has 0 heterocycles. The van der Waals surface area contributed by atoms with Gasteiger partial charge in [0.1, 0.15) is 0 Å². The number of nitrogens with zero attached hydrogens (tertiary/aromatic N) is 1. The van der Waals surface area contributed by atoms with E-state index in [9.17, 15) is 8.42 Å². The van der Waals surface area contributed by atoms with Crippen LogP contribution in [0.25, 0.3) is 0 Å². The van der Waals surface area contributed by atoms with Crippen molar-refractivity contribution in [2.45, 2.75) is 18.4 Å². The molecule has 0 aliphatic carbocycles. The smallest absolute Gasteiger partial charge is 0.175 e. The van der Waals surface area contributed by atoms with Crippen molar-refractivity contribution in [2.24, 2.45) is 0 Å². The van der Waals surface area contributed by atoms with Crippen molar-refractivity contribution >= 4 is 15.5 Å². The van der Waals surface area contributed by atoms with Crippen molar-refractivity contribution in [2.75, 3.05) is 11.6 Å². The van der Waals surface area contributed by atoms with Gasteiger partial charge in [0.25, 0.3) is 0 Å². The molecule has 0 saturated heterocycles. The van der Waals surface area contributed by atoms with E-state index in [0.29, 0.717) is 12.1 Å². The molecule has 2 aromatic rings. The standard InChI is InChI=1S/C16H16N2O2S/c1-12-7-8-15(21(2,19)20)9-16(12)18-11-14-6-4-3-5-13(14)10-17/h3-9,18H,11H2,1-2H3. The zero-order valence-corrected chi connectivity index (χ0v) is 12.7. The van der Waals surface area contributed by atoms with Gasteiger partial charge in [-0.2, -0.15) is 5.26 Å². The van der Waals surface area contributed by atoms with Crippen LogP contribution in [0.5, 0.6) is 0 Å². The zero-order chi connectivity index (χ0) is 15.5. The third-order valence-electron chi connectivity index (χ3n) is 3.24. The van der Waals surface area contributed by atoms with Crippen LogP contribution in [0.1, 0.15) is 16.7 Å². The van der Waals surface area contributed by atoms with Gasteiger partial charge < -0.3 is 5.32 Å². The lowest BCUT2D eigenvalue weighted by atomic mass is 10.1. The van der Waals surface area contributed by atoms with Crippen molar-refractivity contribution in [3.63, 3.8) is 0 Å². The van der Waals surface area contributed by atoms with E-state index < -0.39 is 9.84 Å². The third-order valence-corrected chi connectivity index (χ3v) is 4.35. The van der Waals surface area contributed by atoms with E-state index in [1.165, 1.54) is 6.26 Å². The summed E-state index contributed by atoms with van der Waals surface area (Å²) >= 11 is 0. The number of benzene rings is 2. The zero-order valence-electron chi connectivity index (χ0n) is 11.9. The van der Waals surface area contributed by atoms with Crippen LogP contribution in [0.3, 0.4) is 0 Å². The van der Waals surface area contributed by atoms with Gasteiger partial charge in [-0.25, -0.2) is 8.42 Å². The minimum Gasteiger partial charge on any atom is -0.381 e. The molecule has 0 spiro atoms. The van der Waals surface area contributed by atoms with E-state index in [4.69, 9.17) is 5.26 Å². The first-order valence-corrected chi connectivity index (χ1v) is 8.33. The van der Waals surface area contributed by atoms with E-state index in [1.807, 2.05) is 25.1 Å². The van der Waals surface area contributed by atoms with Gasteiger partial charge in [0.2, 0.25) is 0 Å². The molecular formula is C16H16N2O2S. The predicted octanol–water partition coefficient (Wildman–Crippen LogP) is 2.88. The minimum atomic E-state index is -3.23. The number of hydrogen-bond donors (Lipinski definition) is 1. The van der Waals surface area contributed by atoms with Crippen LogP contribution >= 0.6 is 0 Å². The Morgan fingerprint density at radius 1 is 1.19 bits per heavy atom. The summed E-state index contributed by atoms with van der Waals surface area (Å²) in [5.41, 5.74) is 3.20. The Hall–Kier alpha value is -2.32. The summed E-state index contributed by atoms with van der Waals surface area (Å²) in [6, 6.07) is 14.5. The maximum absolute atomic E-state index is 11.6. The molecule has 0 radical (unpaired) electrons. The summed E-state index contributed by atoms with van der Waals surface area (Å²) in [6.45, 7) is 2.38. The number of anilines is 1. The maximum atomic E-state index is 11.6. The topological polar surface area (TPSA) is 70.0 Å². The largest absolute Gasteiger partial charge is 0.381 e. The van der Waals surface area contributed by atoms with E-state index in [2.05, 4.69) is 11.4 Å². The first-order valence-electron chi connectivity index (χ1n) is 6.44. The van der Waals surface area contributed by atoms with Crippen LogP contribution in [-0.2, 0) is 16.4 Å². The van der Waals surface area contributed by atoms with Gasteiger partial charge in [0, 0.05) is 18.5 Å². The van der Waals surface area contributed by atoms with Crippen molar-refractivity contribution < 1.29 is 8.42 Å². The monoisotopic (exact) mass is 300 g/mol. The van der Waals surface area contributed by atoms with Crippen LogP contribution in [0, 0.1) is 18.3 Å². The summed E-state index contributed by atoms with van der Waals surface area (Å²) in [4.78, 5) is 0.282. The highest BCUT2D eigenvalue weighted by Crippen LogP contribution is 2.21. The average Bonchev–Trinajstić information content (AvgIpc) is 2.45. The van der Waals surface area contributed by atoms with Crippen molar-refractivity contribution in [3.05, 3.63) is 59.2 Å². The van der Waals surface area contributed by atoms with Crippen molar-refractivity contribution in [1.82, 2.24) is 0 Å². The maximum Gasteiger partial charge on any atom is 0.175 e. The van der Waals surface area contributed by atoms with E-state index in [0.717, 1.165) is 16.8 Å². The molecule has 21 heavy (non-hydrogen) atoms. The molecule has 0 unspecified atom stereocenters. The van der Waals surface area contributed by atoms with E-state index >= 15 is 0 Å². The lowest BCUT2D eigenvalue weighted by molar-refractivity contribution is 0.602. The minimum absolute atomic E-state index is 0.282. The quantitative estimate of drug-likeness (QED) is 0.942. The second-order valence-corrected chi connectivity index (χ2v) is 6.89. The van der Waals surface area contributed by atoms with Gasteiger partial charge in [-0.15, -0.1) is 0 Å². The van der Waals surface area contributed by atoms with Gasteiger partial charge >= 0.3 is 0 Å². The van der Waals surface area contributed by atoms with Gasteiger partial charge in [0.05, 0.1) is 16.5 Å². The van der Waals surface area contributed by atoms with Gasteiger partial charge in [-0.05, 0) is 36.2 Å². The lowest BCUT2D eigenvalue weighted by Gasteiger charge is -2.12. The highest BCUT2D eigenvalue weighted by atomic mass is 32.2. The predicted molar refractivity (Wildman–Crippen MR) is 82.8 cm³/mol. The Labute approximate surface area is 125 Å². The lowest BCUT2D eigenvalue weighted by Crippen LogP contribution is -2.05.